The van der Waals surface area contributed by atoms with E-state index < -0.39 is 0 Å². The number of hydrogen-bond acceptors (Lipinski definition) is 4. The minimum absolute atomic E-state index is 0.240. The van der Waals surface area contributed by atoms with Crippen LogP contribution in [0.4, 0.5) is 5.69 Å². The molecule has 0 aliphatic rings. The summed E-state index contributed by atoms with van der Waals surface area (Å²) in [6.45, 7) is 1.87. The van der Waals surface area contributed by atoms with E-state index in [0.717, 1.165) is 47.0 Å². The molecule has 1 heterocycles. The predicted molar refractivity (Wildman–Crippen MR) is 97.6 cm³/mol. The molecule has 0 unspecified atom stereocenters. The molecule has 0 fully saturated rings. The average molecular weight is 330 g/mol. The number of anilines is 1. The van der Waals surface area contributed by atoms with Gasteiger partial charge in [0.25, 0.3) is 0 Å². The van der Waals surface area contributed by atoms with Crippen molar-refractivity contribution in [3.8, 4) is 5.75 Å². The van der Waals surface area contributed by atoms with Gasteiger partial charge in [-0.2, -0.15) is 0 Å². The zero-order chi connectivity index (χ0) is 16.4. The van der Waals surface area contributed by atoms with E-state index in [4.69, 9.17) is 11.6 Å². The third-order valence-corrected chi connectivity index (χ3v) is 4.04. The molecule has 5 heteroatoms. The van der Waals surface area contributed by atoms with Crippen molar-refractivity contribution >= 4 is 39.1 Å². The lowest BCUT2D eigenvalue weighted by Crippen LogP contribution is -2.16. The highest BCUT2D eigenvalue weighted by molar-refractivity contribution is 6.31. The lowest BCUT2D eigenvalue weighted by molar-refractivity contribution is 0.405. The molecule has 0 aliphatic heterocycles. The van der Waals surface area contributed by atoms with Crippen LogP contribution in [0.15, 0.2) is 36.4 Å². The number of halogens is 1. The molecule has 1 aromatic heterocycles. The van der Waals surface area contributed by atoms with Crippen molar-refractivity contribution in [2.75, 3.05) is 32.5 Å². The largest absolute Gasteiger partial charge is 0.508 e. The van der Waals surface area contributed by atoms with Gasteiger partial charge in [0.1, 0.15) is 5.75 Å². The molecule has 120 valence electrons. The summed E-state index contributed by atoms with van der Waals surface area (Å²) < 4.78 is 0. The Morgan fingerprint density at radius 1 is 1.09 bits per heavy atom. The third-order valence-electron chi connectivity index (χ3n) is 3.80. The minimum Gasteiger partial charge on any atom is -0.508 e. The fourth-order valence-corrected chi connectivity index (χ4v) is 2.87. The quantitative estimate of drug-likeness (QED) is 0.546. The van der Waals surface area contributed by atoms with Gasteiger partial charge in [0.15, 0.2) is 0 Å². The molecule has 0 atom stereocenters. The van der Waals surface area contributed by atoms with Crippen LogP contribution in [0.25, 0.3) is 21.8 Å². The Kier molecular flexibility index (Phi) is 4.55. The van der Waals surface area contributed by atoms with Crippen molar-refractivity contribution in [3.63, 3.8) is 0 Å². The Hall–Kier alpha value is -2.04. The van der Waals surface area contributed by atoms with Crippen LogP contribution in [0.2, 0.25) is 5.02 Å². The van der Waals surface area contributed by atoms with E-state index in [1.165, 1.54) is 0 Å². The summed E-state index contributed by atoms with van der Waals surface area (Å²) in [5.41, 5.74) is 2.69. The molecule has 3 rings (SSSR count). The smallest absolute Gasteiger partial charge is 0.116 e. The van der Waals surface area contributed by atoms with Crippen LogP contribution in [0, 0.1) is 0 Å². The second-order valence-corrected chi connectivity index (χ2v) is 6.37. The van der Waals surface area contributed by atoms with E-state index in [1.807, 2.05) is 24.3 Å². The molecule has 0 saturated carbocycles. The Morgan fingerprint density at radius 3 is 2.70 bits per heavy atom. The number of hydrogen-bond donors (Lipinski definition) is 2. The van der Waals surface area contributed by atoms with E-state index in [0.29, 0.717) is 5.02 Å². The van der Waals surface area contributed by atoms with Crippen LogP contribution in [0.3, 0.4) is 0 Å². The molecule has 0 saturated heterocycles. The Morgan fingerprint density at radius 2 is 1.91 bits per heavy atom. The number of fused-ring (bicyclic) bond motifs is 2. The summed E-state index contributed by atoms with van der Waals surface area (Å²) >= 11 is 6.10. The lowest BCUT2D eigenvalue weighted by atomic mass is 10.1. The van der Waals surface area contributed by atoms with E-state index in [9.17, 15) is 5.11 Å². The van der Waals surface area contributed by atoms with Gasteiger partial charge in [-0.15, -0.1) is 0 Å². The number of rotatable bonds is 5. The van der Waals surface area contributed by atoms with Gasteiger partial charge in [0, 0.05) is 22.3 Å². The SMILES string of the molecule is CN(C)CCCNc1c2ccc(Cl)cc2nc2ccc(O)cc12. The fourth-order valence-electron chi connectivity index (χ4n) is 2.70. The molecule has 0 bridgehead atoms. The molecule has 2 aromatic carbocycles. The summed E-state index contributed by atoms with van der Waals surface area (Å²) in [5, 5.41) is 15.9. The summed E-state index contributed by atoms with van der Waals surface area (Å²) in [7, 11) is 4.13. The lowest BCUT2D eigenvalue weighted by Gasteiger charge is -2.15. The van der Waals surface area contributed by atoms with Gasteiger partial charge in [-0.3, -0.25) is 0 Å². The van der Waals surface area contributed by atoms with Gasteiger partial charge in [-0.1, -0.05) is 11.6 Å². The molecule has 2 N–H and O–H groups in total. The van der Waals surface area contributed by atoms with Crippen molar-refractivity contribution in [2.45, 2.75) is 6.42 Å². The Balaban J connectivity index is 2.07. The second kappa shape index (κ2) is 6.60. The number of aromatic nitrogens is 1. The highest BCUT2D eigenvalue weighted by atomic mass is 35.5. The monoisotopic (exact) mass is 329 g/mol. The topological polar surface area (TPSA) is 48.4 Å². The van der Waals surface area contributed by atoms with Gasteiger partial charge < -0.3 is 15.3 Å². The molecule has 0 amide bonds. The minimum atomic E-state index is 0.240. The zero-order valence-electron chi connectivity index (χ0n) is 13.3. The number of nitrogens with zero attached hydrogens (tertiary/aromatic N) is 2. The summed E-state index contributed by atoms with van der Waals surface area (Å²) in [6, 6.07) is 10.9. The number of phenols is 1. The fraction of sp³-hybridized carbons (Fsp3) is 0.278. The van der Waals surface area contributed by atoms with Crippen LogP contribution in [0.1, 0.15) is 6.42 Å². The molecule has 0 aliphatic carbocycles. The maximum atomic E-state index is 9.83. The van der Waals surface area contributed by atoms with Gasteiger partial charge >= 0.3 is 0 Å². The molecule has 0 spiro atoms. The Bertz CT molecular complexity index is 848. The molecule has 0 radical (unpaired) electrons. The van der Waals surface area contributed by atoms with Crippen molar-refractivity contribution in [2.24, 2.45) is 0 Å². The zero-order valence-corrected chi connectivity index (χ0v) is 14.1. The van der Waals surface area contributed by atoms with Gasteiger partial charge in [-0.25, -0.2) is 4.98 Å². The van der Waals surface area contributed by atoms with Crippen LogP contribution < -0.4 is 5.32 Å². The van der Waals surface area contributed by atoms with Gasteiger partial charge in [0.05, 0.1) is 16.7 Å². The molecule has 23 heavy (non-hydrogen) atoms. The molecule has 3 aromatic rings. The Labute approximate surface area is 140 Å². The first kappa shape index (κ1) is 15.8. The average Bonchev–Trinajstić information content (AvgIpc) is 2.50. The number of benzene rings is 2. The van der Waals surface area contributed by atoms with E-state index >= 15 is 0 Å². The number of aromatic hydroxyl groups is 1. The third kappa shape index (κ3) is 3.49. The summed E-state index contributed by atoms with van der Waals surface area (Å²) in [4.78, 5) is 6.82. The normalized spacial score (nSPS) is 11.5. The standard InChI is InChI=1S/C18H20ClN3O/c1-22(2)9-3-8-20-18-14-6-4-12(19)10-17(14)21-16-7-5-13(23)11-15(16)18/h4-7,10-11,23H,3,8-9H2,1-2H3,(H,20,21). The highest BCUT2D eigenvalue weighted by Crippen LogP contribution is 2.33. The van der Waals surface area contributed by atoms with E-state index in [-0.39, 0.29) is 5.75 Å². The van der Waals surface area contributed by atoms with Crippen molar-refractivity contribution in [1.29, 1.82) is 0 Å². The van der Waals surface area contributed by atoms with E-state index in [2.05, 4.69) is 29.3 Å². The summed E-state index contributed by atoms with van der Waals surface area (Å²) in [6.07, 6.45) is 1.03. The summed E-state index contributed by atoms with van der Waals surface area (Å²) in [5.74, 6) is 0.240. The van der Waals surface area contributed by atoms with Gasteiger partial charge in [0.2, 0.25) is 0 Å². The first-order chi connectivity index (χ1) is 11.0. The van der Waals surface area contributed by atoms with Crippen molar-refractivity contribution < 1.29 is 5.11 Å². The highest BCUT2D eigenvalue weighted by Gasteiger charge is 2.10. The van der Waals surface area contributed by atoms with Crippen LogP contribution in [-0.2, 0) is 0 Å². The molecular weight excluding hydrogens is 310 g/mol. The molecule has 4 nitrogen and oxygen atoms in total. The maximum absolute atomic E-state index is 9.83. The van der Waals surface area contributed by atoms with Crippen LogP contribution in [-0.4, -0.2) is 42.2 Å². The van der Waals surface area contributed by atoms with E-state index in [1.54, 1.807) is 12.1 Å². The molecular formula is C18H20ClN3O. The second-order valence-electron chi connectivity index (χ2n) is 5.93. The number of pyridine rings is 1. The van der Waals surface area contributed by atoms with Crippen LogP contribution in [0.5, 0.6) is 5.75 Å². The predicted octanol–water partition coefficient (Wildman–Crippen LogP) is 4.11. The first-order valence-electron chi connectivity index (χ1n) is 7.65. The number of phenolic OH excluding ortho intramolecular Hbond substituents is 1. The first-order valence-corrected chi connectivity index (χ1v) is 8.03. The number of nitrogens with one attached hydrogen (secondary N) is 1. The van der Waals surface area contributed by atoms with Gasteiger partial charge in [-0.05, 0) is 63.5 Å². The van der Waals surface area contributed by atoms with Crippen molar-refractivity contribution in [1.82, 2.24) is 9.88 Å². The maximum Gasteiger partial charge on any atom is 0.116 e. The van der Waals surface area contributed by atoms with Crippen molar-refractivity contribution in [3.05, 3.63) is 41.4 Å². The van der Waals surface area contributed by atoms with Crippen LogP contribution >= 0.6 is 11.6 Å².